The van der Waals surface area contributed by atoms with Crippen LogP contribution in [0.1, 0.15) is 16.8 Å². The zero-order valence-corrected chi connectivity index (χ0v) is 17.6. The van der Waals surface area contributed by atoms with Crippen molar-refractivity contribution in [1.82, 2.24) is 15.0 Å². The number of halogens is 3. The monoisotopic (exact) mass is 456 g/mol. The molecule has 3 N–H and O–H groups in total. The molecule has 0 aliphatic heterocycles. The summed E-state index contributed by atoms with van der Waals surface area (Å²) in [6.07, 6.45) is -0.328. The van der Waals surface area contributed by atoms with E-state index < -0.39 is 17.8 Å². The van der Waals surface area contributed by atoms with Gasteiger partial charge in [0.1, 0.15) is 23.2 Å². The number of anilines is 1. The van der Waals surface area contributed by atoms with E-state index in [0.717, 1.165) is 12.3 Å². The third kappa shape index (κ3) is 5.37. The Labute approximate surface area is 186 Å². The quantitative estimate of drug-likeness (QED) is 0.433. The number of pyridine rings is 1. The Hall–Kier alpha value is -4.15. The summed E-state index contributed by atoms with van der Waals surface area (Å²) in [6.45, 7) is 3.10. The van der Waals surface area contributed by atoms with Crippen LogP contribution in [0.2, 0.25) is 0 Å². The maximum absolute atomic E-state index is 13.0. The number of nitrogens with zero attached hydrogens (tertiary/aromatic N) is 4. The molecule has 2 aromatic heterocycles. The highest BCUT2D eigenvalue weighted by atomic mass is 19.4. The van der Waals surface area contributed by atoms with E-state index in [4.69, 9.17) is 5.73 Å². The van der Waals surface area contributed by atoms with Crippen LogP contribution in [0.25, 0.3) is 22.4 Å². The van der Waals surface area contributed by atoms with Gasteiger partial charge in [-0.2, -0.15) is 13.2 Å². The number of nitrogens with one attached hydrogen (secondary N) is 1. The summed E-state index contributed by atoms with van der Waals surface area (Å²) in [5, 5.41) is 2.69. The number of hydrogen-bond acceptors (Lipinski definition) is 7. The standard InChI is InChI=1S/C22H19F3N6O2/c1-12-9-14(3-4-15(12)30-21(33)16(5-6-26)27-7-8-32)20-28-11-17-19(31-20)13(2)10-18(29-17)22(23,24)25/h3-6,8-11H,7,26H2,1-2H3,(H,30,33). The first-order chi connectivity index (χ1) is 15.6. The lowest BCUT2D eigenvalue weighted by Crippen LogP contribution is -2.22. The number of benzene rings is 1. The van der Waals surface area contributed by atoms with Gasteiger partial charge < -0.3 is 15.8 Å². The number of rotatable bonds is 6. The van der Waals surface area contributed by atoms with Gasteiger partial charge in [0.2, 0.25) is 0 Å². The van der Waals surface area contributed by atoms with Crippen LogP contribution in [-0.2, 0) is 15.8 Å². The Morgan fingerprint density at radius 2 is 1.94 bits per heavy atom. The maximum Gasteiger partial charge on any atom is 0.433 e. The van der Waals surface area contributed by atoms with Gasteiger partial charge >= 0.3 is 6.18 Å². The molecule has 3 aromatic rings. The van der Waals surface area contributed by atoms with Crippen LogP contribution in [0, 0.1) is 13.8 Å². The number of fused-ring (bicyclic) bond motifs is 1. The number of nitrogens with two attached hydrogens (primary N) is 1. The summed E-state index contributed by atoms with van der Waals surface area (Å²) < 4.78 is 39.0. The normalized spacial score (nSPS) is 12.3. The fourth-order valence-corrected chi connectivity index (χ4v) is 3.02. The molecule has 1 amide bonds. The Morgan fingerprint density at radius 3 is 2.58 bits per heavy atom. The lowest BCUT2D eigenvalue weighted by Gasteiger charge is -2.11. The topological polar surface area (TPSA) is 123 Å². The molecule has 0 saturated heterocycles. The van der Waals surface area contributed by atoms with Crippen LogP contribution in [0.4, 0.5) is 18.9 Å². The van der Waals surface area contributed by atoms with Crippen LogP contribution in [-0.4, -0.2) is 39.4 Å². The number of aldehydes is 1. The molecule has 0 saturated carbocycles. The zero-order chi connectivity index (χ0) is 24.2. The Kier molecular flexibility index (Phi) is 6.80. The average molecular weight is 456 g/mol. The average Bonchev–Trinajstić information content (AvgIpc) is 2.77. The summed E-state index contributed by atoms with van der Waals surface area (Å²) >= 11 is 0. The minimum atomic E-state index is -4.56. The van der Waals surface area contributed by atoms with E-state index in [2.05, 4.69) is 25.3 Å². The number of carbonyl (C=O) groups is 2. The van der Waals surface area contributed by atoms with Crippen molar-refractivity contribution in [1.29, 1.82) is 0 Å². The third-order valence-electron chi connectivity index (χ3n) is 4.58. The van der Waals surface area contributed by atoms with Crippen LogP contribution in [0.15, 0.2) is 47.7 Å². The van der Waals surface area contributed by atoms with E-state index >= 15 is 0 Å². The summed E-state index contributed by atoms with van der Waals surface area (Å²) in [6, 6.07) is 5.97. The van der Waals surface area contributed by atoms with E-state index in [9.17, 15) is 22.8 Å². The van der Waals surface area contributed by atoms with E-state index in [1.807, 2.05) is 0 Å². The second-order valence-electron chi connectivity index (χ2n) is 6.99. The molecule has 0 aliphatic rings. The van der Waals surface area contributed by atoms with Crippen LogP contribution >= 0.6 is 0 Å². The van der Waals surface area contributed by atoms with Crippen molar-refractivity contribution in [3.8, 4) is 11.4 Å². The third-order valence-corrected chi connectivity index (χ3v) is 4.58. The molecule has 0 atom stereocenters. The number of alkyl halides is 3. The minimum Gasteiger partial charge on any atom is -0.405 e. The number of amides is 1. The molecule has 0 bridgehead atoms. The van der Waals surface area contributed by atoms with Gasteiger partial charge in [-0.25, -0.2) is 15.0 Å². The lowest BCUT2D eigenvalue weighted by atomic mass is 10.1. The summed E-state index contributed by atoms with van der Waals surface area (Å²) in [5.74, 6) is -0.244. The number of aryl methyl sites for hydroxylation is 2. The fourth-order valence-electron chi connectivity index (χ4n) is 3.02. The molecule has 0 radical (unpaired) electrons. The highest BCUT2D eigenvalue weighted by molar-refractivity contribution is 6.47. The molecule has 0 aliphatic carbocycles. The molecule has 1 aromatic carbocycles. The van der Waals surface area contributed by atoms with Crippen LogP contribution in [0.5, 0.6) is 0 Å². The van der Waals surface area contributed by atoms with Crippen LogP contribution < -0.4 is 11.1 Å². The van der Waals surface area contributed by atoms with Gasteiger partial charge in [0.05, 0.1) is 18.3 Å². The second-order valence-corrected chi connectivity index (χ2v) is 6.99. The van der Waals surface area contributed by atoms with Crippen molar-refractivity contribution in [2.45, 2.75) is 20.0 Å². The molecule has 0 fully saturated rings. The summed E-state index contributed by atoms with van der Waals surface area (Å²) in [5.41, 5.74) is 6.76. The Morgan fingerprint density at radius 1 is 1.18 bits per heavy atom. The van der Waals surface area contributed by atoms with Gasteiger partial charge in [-0.3, -0.25) is 9.79 Å². The van der Waals surface area contributed by atoms with Crippen molar-refractivity contribution in [3.63, 3.8) is 0 Å². The van der Waals surface area contributed by atoms with Gasteiger partial charge in [-0.1, -0.05) is 0 Å². The second kappa shape index (κ2) is 9.55. The molecule has 170 valence electrons. The number of hydrogen-bond donors (Lipinski definition) is 2. The van der Waals surface area contributed by atoms with Gasteiger partial charge in [0.15, 0.2) is 5.82 Å². The highest BCUT2D eigenvalue weighted by Crippen LogP contribution is 2.31. The fraction of sp³-hybridized carbons (Fsp3) is 0.182. The first-order valence-electron chi connectivity index (χ1n) is 9.64. The molecule has 11 heteroatoms. The van der Waals surface area contributed by atoms with Crippen molar-refractivity contribution < 1.29 is 22.8 Å². The molecule has 8 nitrogen and oxygen atoms in total. The molecular formula is C22H19F3N6O2. The molecule has 33 heavy (non-hydrogen) atoms. The summed E-state index contributed by atoms with van der Waals surface area (Å²) in [7, 11) is 0. The molecule has 0 spiro atoms. The smallest absolute Gasteiger partial charge is 0.405 e. The van der Waals surface area contributed by atoms with E-state index in [0.29, 0.717) is 40.0 Å². The predicted octanol–water partition coefficient (Wildman–Crippen LogP) is 3.38. The zero-order valence-electron chi connectivity index (χ0n) is 17.6. The Balaban J connectivity index is 1.91. The van der Waals surface area contributed by atoms with Crippen molar-refractivity contribution in [2.24, 2.45) is 10.7 Å². The predicted molar refractivity (Wildman–Crippen MR) is 118 cm³/mol. The maximum atomic E-state index is 13.0. The number of aliphatic imine (C=N–C) groups is 1. The van der Waals surface area contributed by atoms with E-state index in [-0.39, 0.29) is 17.8 Å². The van der Waals surface area contributed by atoms with Crippen molar-refractivity contribution in [2.75, 3.05) is 11.9 Å². The first-order valence-corrected chi connectivity index (χ1v) is 9.64. The van der Waals surface area contributed by atoms with Gasteiger partial charge in [0.25, 0.3) is 5.91 Å². The highest BCUT2D eigenvalue weighted by Gasteiger charge is 2.33. The number of aromatic nitrogens is 3. The lowest BCUT2D eigenvalue weighted by molar-refractivity contribution is -0.141. The molecule has 0 unspecified atom stereocenters. The summed E-state index contributed by atoms with van der Waals surface area (Å²) in [4.78, 5) is 39.0. The van der Waals surface area contributed by atoms with Crippen molar-refractivity contribution >= 4 is 34.6 Å². The van der Waals surface area contributed by atoms with Gasteiger partial charge in [0, 0.05) is 11.3 Å². The number of carbonyl (C=O) groups excluding carboxylic acids is 2. The van der Waals surface area contributed by atoms with E-state index in [1.165, 1.54) is 19.2 Å². The largest absolute Gasteiger partial charge is 0.433 e. The minimum absolute atomic E-state index is 0.00728. The Bertz CT molecular complexity index is 1290. The van der Waals surface area contributed by atoms with Crippen LogP contribution in [0.3, 0.4) is 0 Å². The molecule has 3 rings (SSSR count). The van der Waals surface area contributed by atoms with Gasteiger partial charge in [-0.15, -0.1) is 0 Å². The first kappa shape index (κ1) is 23.5. The molecule has 2 heterocycles. The SMILES string of the molecule is Cc1cc(-c2ncc3nc(C(F)(F)F)cc(C)c3n2)ccc1NC(=O)C(C=CN)=NCC=O. The van der Waals surface area contributed by atoms with E-state index in [1.54, 1.807) is 25.1 Å². The molecular weight excluding hydrogens is 437 g/mol. The van der Waals surface area contributed by atoms with Crippen molar-refractivity contribution in [3.05, 3.63) is 59.6 Å². The van der Waals surface area contributed by atoms with Gasteiger partial charge in [-0.05, 0) is 61.5 Å².